The van der Waals surface area contributed by atoms with Crippen LogP contribution < -0.4 is 4.74 Å². The van der Waals surface area contributed by atoms with Crippen LogP contribution in [0.4, 0.5) is 0 Å². The molecule has 0 aliphatic rings. The molecule has 92 valence electrons. The molecule has 1 rings (SSSR count). The summed E-state index contributed by atoms with van der Waals surface area (Å²) in [6, 6.07) is 8.81. The zero-order chi connectivity index (χ0) is 12.5. The van der Waals surface area contributed by atoms with Crippen molar-refractivity contribution in [2.75, 3.05) is 13.2 Å². The average Bonchev–Trinajstić information content (AvgIpc) is 2.35. The summed E-state index contributed by atoms with van der Waals surface area (Å²) in [5.41, 5.74) is 0. The predicted octanol–water partition coefficient (Wildman–Crippen LogP) is 2.51. The summed E-state index contributed by atoms with van der Waals surface area (Å²) in [6.07, 6.45) is 1.27. The van der Waals surface area contributed by atoms with E-state index >= 15 is 0 Å². The smallest absolute Gasteiger partial charge is 0.382 e. The van der Waals surface area contributed by atoms with Gasteiger partial charge in [0, 0.05) is 0 Å². The fraction of sp³-hybridized carbons (Fsp3) is 0.308. The second-order valence-electron chi connectivity index (χ2n) is 3.07. The van der Waals surface area contributed by atoms with Gasteiger partial charge in [-0.05, 0) is 26.0 Å². The lowest BCUT2D eigenvalue weighted by Gasteiger charge is -2.08. The van der Waals surface area contributed by atoms with Gasteiger partial charge in [0.2, 0.25) is 5.76 Å². The van der Waals surface area contributed by atoms with Crippen LogP contribution in [0.5, 0.6) is 5.75 Å². The average molecular weight is 236 g/mol. The van der Waals surface area contributed by atoms with Crippen LogP contribution in [-0.4, -0.2) is 19.2 Å². The first-order valence-electron chi connectivity index (χ1n) is 5.49. The molecule has 0 saturated carbocycles. The van der Waals surface area contributed by atoms with Crippen molar-refractivity contribution < 1.29 is 19.0 Å². The molecule has 0 spiro atoms. The van der Waals surface area contributed by atoms with Crippen LogP contribution in [-0.2, 0) is 14.3 Å². The number of hydrogen-bond acceptors (Lipinski definition) is 4. The third-order valence-electron chi connectivity index (χ3n) is 1.81. The first kappa shape index (κ1) is 13.1. The summed E-state index contributed by atoms with van der Waals surface area (Å²) < 4.78 is 15.3. The molecule has 0 aliphatic carbocycles. The lowest BCUT2D eigenvalue weighted by atomic mass is 10.3. The molecular weight excluding hydrogens is 220 g/mol. The van der Waals surface area contributed by atoms with Crippen molar-refractivity contribution in [2.45, 2.75) is 13.8 Å². The minimum atomic E-state index is -0.563. The van der Waals surface area contributed by atoms with Crippen molar-refractivity contribution in [3.8, 4) is 5.75 Å². The quantitative estimate of drug-likeness (QED) is 0.329. The topological polar surface area (TPSA) is 44.8 Å². The Morgan fingerprint density at radius 1 is 1.18 bits per heavy atom. The Labute approximate surface area is 101 Å². The lowest BCUT2D eigenvalue weighted by Crippen LogP contribution is -2.14. The fourth-order valence-electron chi connectivity index (χ4n) is 1.10. The fourth-order valence-corrected chi connectivity index (χ4v) is 1.10. The molecule has 17 heavy (non-hydrogen) atoms. The molecular formula is C13H16O4. The molecule has 0 amide bonds. The highest BCUT2D eigenvalue weighted by molar-refractivity contribution is 5.87. The normalized spacial score (nSPS) is 10.8. The molecule has 1 aromatic rings. The molecule has 0 N–H and O–H groups in total. The molecule has 0 aliphatic heterocycles. The third kappa shape index (κ3) is 4.59. The minimum absolute atomic E-state index is 0.0678. The lowest BCUT2D eigenvalue weighted by molar-refractivity contribution is -0.134. The van der Waals surface area contributed by atoms with Crippen molar-refractivity contribution in [3.05, 3.63) is 42.4 Å². The van der Waals surface area contributed by atoms with Gasteiger partial charge >= 0.3 is 5.97 Å². The molecule has 0 heterocycles. The van der Waals surface area contributed by atoms with E-state index in [1.54, 1.807) is 31.2 Å². The zero-order valence-corrected chi connectivity index (χ0v) is 10.0. The van der Waals surface area contributed by atoms with E-state index in [-0.39, 0.29) is 5.76 Å². The maximum Gasteiger partial charge on any atom is 0.382 e. The van der Waals surface area contributed by atoms with Gasteiger partial charge in [0.1, 0.15) is 12.0 Å². The number of hydrogen-bond donors (Lipinski definition) is 0. The molecule has 0 bridgehead atoms. The summed E-state index contributed by atoms with van der Waals surface area (Å²) in [5.74, 6) is -0.0238. The summed E-state index contributed by atoms with van der Waals surface area (Å²) >= 11 is 0. The number of carbonyl (C=O) groups is 1. The zero-order valence-electron chi connectivity index (χ0n) is 10.0. The van der Waals surface area contributed by atoms with Gasteiger partial charge in [0.15, 0.2) is 0 Å². The summed E-state index contributed by atoms with van der Waals surface area (Å²) in [4.78, 5) is 11.7. The standard InChI is InChI=1S/C13H16O4/c1-3-15-10-12(16-4-2)13(14)17-11-8-6-5-7-9-11/h5-10H,3-4H2,1-2H3/b12-10-. The maximum atomic E-state index is 11.7. The van der Waals surface area contributed by atoms with E-state index in [2.05, 4.69) is 0 Å². The van der Waals surface area contributed by atoms with Crippen molar-refractivity contribution >= 4 is 5.97 Å². The second-order valence-corrected chi connectivity index (χ2v) is 3.07. The van der Waals surface area contributed by atoms with Gasteiger partial charge in [-0.2, -0.15) is 0 Å². The molecule has 0 radical (unpaired) electrons. The Hall–Kier alpha value is -1.97. The summed E-state index contributed by atoms with van der Waals surface area (Å²) in [6.45, 7) is 4.45. The summed E-state index contributed by atoms with van der Waals surface area (Å²) in [5, 5.41) is 0. The van der Waals surface area contributed by atoms with Crippen molar-refractivity contribution in [2.24, 2.45) is 0 Å². The number of ether oxygens (including phenoxy) is 3. The first-order chi connectivity index (χ1) is 8.27. The highest BCUT2D eigenvalue weighted by Crippen LogP contribution is 2.11. The number of benzene rings is 1. The SMILES string of the molecule is CCO/C=C(\OCC)C(=O)Oc1ccccc1. The van der Waals surface area contributed by atoms with Crippen LogP contribution in [0, 0.1) is 0 Å². The molecule has 4 heteroatoms. The highest BCUT2D eigenvalue weighted by Gasteiger charge is 2.13. The molecule has 4 nitrogen and oxygen atoms in total. The van der Waals surface area contributed by atoms with E-state index in [1.807, 2.05) is 13.0 Å². The van der Waals surface area contributed by atoms with Crippen molar-refractivity contribution in [1.29, 1.82) is 0 Å². The van der Waals surface area contributed by atoms with E-state index < -0.39 is 5.97 Å². The largest absolute Gasteiger partial charge is 0.497 e. The molecule has 0 saturated heterocycles. The number of esters is 1. The number of carbonyl (C=O) groups excluding carboxylic acids is 1. The Morgan fingerprint density at radius 3 is 2.47 bits per heavy atom. The highest BCUT2D eigenvalue weighted by atomic mass is 16.6. The van der Waals surface area contributed by atoms with Crippen LogP contribution in [0.1, 0.15) is 13.8 Å². The van der Waals surface area contributed by atoms with Gasteiger partial charge in [0.05, 0.1) is 13.2 Å². The van der Waals surface area contributed by atoms with Crippen molar-refractivity contribution in [3.63, 3.8) is 0 Å². The van der Waals surface area contributed by atoms with Crippen LogP contribution in [0.3, 0.4) is 0 Å². The van der Waals surface area contributed by atoms with Crippen molar-refractivity contribution in [1.82, 2.24) is 0 Å². The first-order valence-corrected chi connectivity index (χ1v) is 5.49. The van der Waals surface area contributed by atoms with Crippen LogP contribution in [0.25, 0.3) is 0 Å². The van der Waals surface area contributed by atoms with Crippen LogP contribution in [0.15, 0.2) is 42.4 Å². The Kier molecular flexibility index (Phi) is 5.64. The van der Waals surface area contributed by atoms with Gasteiger partial charge < -0.3 is 14.2 Å². The van der Waals surface area contributed by atoms with Gasteiger partial charge in [-0.25, -0.2) is 4.79 Å². The monoisotopic (exact) mass is 236 g/mol. The van der Waals surface area contributed by atoms with E-state index in [9.17, 15) is 4.79 Å². The molecule has 0 atom stereocenters. The molecule has 0 unspecified atom stereocenters. The minimum Gasteiger partial charge on any atom is -0.497 e. The Bertz CT molecular complexity index is 370. The Morgan fingerprint density at radius 2 is 1.88 bits per heavy atom. The van der Waals surface area contributed by atoms with E-state index in [1.165, 1.54) is 6.26 Å². The van der Waals surface area contributed by atoms with Gasteiger partial charge in [-0.15, -0.1) is 0 Å². The molecule has 1 aromatic carbocycles. The predicted molar refractivity (Wildman–Crippen MR) is 63.4 cm³/mol. The molecule has 0 aromatic heterocycles. The van der Waals surface area contributed by atoms with Gasteiger partial charge in [-0.3, -0.25) is 0 Å². The number of para-hydroxylation sites is 1. The van der Waals surface area contributed by atoms with Crippen LogP contribution >= 0.6 is 0 Å². The van der Waals surface area contributed by atoms with E-state index in [0.717, 1.165) is 0 Å². The Balaban J connectivity index is 2.65. The third-order valence-corrected chi connectivity index (χ3v) is 1.81. The van der Waals surface area contributed by atoms with Gasteiger partial charge in [0.25, 0.3) is 0 Å². The van der Waals surface area contributed by atoms with Crippen LogP contribution in [0.2, 0.25) is 0 Å². The van der Waals surface area contributed by atoms with E-state index in [0.29, 0.717) is 19.0 Å². The number of rotatable bonds is 6. The van der Waals surface area contributed by atoms with E-state index in [4.69, 9.17) is 14.2 Å². The van der Waals surface area contributed by atoms with Gasteiger partial charge in [-0.1, -0.05) is 18.2 Å². The summed E-state index contributed by atoms with van der Waals surface area (Å²) in [7, 11) is 0. The molecule has 0 fully saturated rings. The maximum absolute atomic E-state index is 11.7. The second kappa shape index (κ2) is 7.33.